The van der Waals surface area contributed by atoms with E-state index in [1.165, 1.54) is 12.4 Å². The van der Waals surface area contributed by atoms with Crippen LogP contribution in [0.15, 0.2) is 43.5 Å². The van der Waals surface area contributed by atoms with Crippen molar-refractivity contribution in [3.63, 3.8) is 0 Å². The largest absolute Gasteiger partial charge is 0.436 e. The average Bonchev–Trinajstić information content (AvgIpc) is 3.29. The van der Waals surface area contributed by atoms with E-state index in [4.69, 9.17) is 16.3 Å². The maximum atomic E-state index is 12.1. The van der Waals surface area contributed by atoms with Gasteiger partial charge in [0.2, 0.25) is 11.8 Å². The molecule has 4 heterocycles. The highest BCUT2D eigenvalue weighted by atomic mass is 35.5. The Morgan fingerprint density at radius 1 is 1.30 bits per heavy atom. The lowest BCUT2D eigenvalue weighted by molar-refractivity contribution is -0.128. The third-order valence-corrected chi connectivity index (χ3v) is 6.36. The van der Waals surface area contributed by atoms with Crippen molar-refractivity contribution in [3.05, 3.63) is 54.1 Å². The molecular weight excluding hydrogens is 442 g/mol. The number of piperazine rings is 1. The first-order valence-electron chi connectivity index (χ1n) is 10.6. The van der Waals surface area contributed by atoms with Crippen LogP contribution in [0.3, 0.4) is 0 Å². The van der Waals surface area contributed by atoms with Crippen LogP contribution in [0.25, 0.3) is 21.8 Å². The van der Waals surface area contributed by atoms with Crippen LogP contribution in [0.5, 0.6) is 11.6 Å². The monoisotopic (exact) mass is 463 g/mol. The third kappa shape index (κ3) is 3.64. The van der Waals surface area contributed by atoms with Crippen molar-refractivity contribution in [1.29, 1.82) is 0 Å². The molecule has 1 atom stereocenters. The van der Waals surface area contributed by atoms with Gasteiger partial charge in [-0.1, -0.05) is 18.2 Å². The summed E-state index contributed by atoms with van der Waals surface area (Å²) in [4.78, 5) is 29.5. The van der Waals surface area contributed by atoms with Crippen molar-refractivity contribution in [2.24, 2.45) is 0 Å². The summed E-state index contributed by atoms with van der Waals surface area (Å²) in [6.45, 7) is 9.39. The van der Waals surface area contributed by atoms with Gasteiger partial charge in [0.25, 0.3) is 0 Å². The summed E-state index contributed by atoms with van der Waals surface area (Å²) in [5.41, 5.74) is 2.16. The first kappa shape index (κ1) is 21.1. The summed E-state index contributed by atoms with van der Waals surface area (Å²) in [5.74, 6) is 1.66. The maximum absolute atomic E-state index is 12.1. The first-order valence-corrected chi connectivity index (χ1v) is 10.9. The van der Waals surface area contributed by atoms with Crippen molar-refractivity contribution in [3.8, 4) is 11.6 Å². The van der Waals surface area contributed by atoms with Gasteiger partial charge in [0, 0.05) is 47.8 Å². The Balaban J connectivity index is 1.53. The minimum atomic E-state index is -0.0583. The third-order valence-electron chi connectivity index (χ3n) is 5.97. The highest BCUT2D eigenvalue weighted by Gasteiger charge is 2.28. The van der Waals surface area contributed by atoms with Crippen molar-refractivity contribution in [2.45, 2.75) is 19.9 Å². The zero-order chi connectivity index (χ0) is 23.1. The van der Waals surface area contributed by atoms with E-state index >= 15 is 0 Å². The zero-order valence-electron chi connectivity index (χ0n) is 18.2. The van der Waals surface area contributed by atoms with Crippen LogP contribution >= 0.6 is 11.6 Å². The average molecular weight is 464 g/mol. The van der Waals surface area contributed by atoms with Gasteiger partial charge in [-0.05, 0) is 32.1 Å². The maximum Gasteiger partial charge on any atom is 0.246 e. The number of hydrogen-bond acceptors (Lipinski definition) is 7. The molecule has 10 heteroatoms. The van der Waals surface area contributed by atoms with Crippen molar-refractivity contribution in [2.75, 3.05) is 24.5 Å². The minimum absolute atomic E-state index is 0.0234. The number of H-pyrrole nitrogens is 1. The van der Waals surface area contributed by atoms with E-state index in [1.807, 2.05) is 30.9 Å². The number of halogens is 1. The van der Waals surface area contributed by atoms with Gasteiger partial charge < -0.3 is 14.5 Å². The summed E-state index contributed by atoms with van der Waals surface area (Å²) in [5, 5.41) is 9.22. The standard InChI is InChI=1S/C23H22ClN7O2/c1-4-19(32)31-8-7-30(11-13(31)2)22-15-5-6-25-23(20(15)26-12-27-22)33-21-14(3)17(24)9-18-16(21)10-28-29-18/h4-6,9-10,12-13H,1,7-8,11H2,2-3H3,(H,28,29)/t13-/m0/s1. The van der Waals surface area contributed by atoms with Gasteiger partial charge in [-0.3, -0.25) is 9.89 Å². The molecule has 5 rings (SSSR count). The predicted octanol–water partition coefficient (Wildman–Crippen LogP) is 3.88. The van der Waals surface area contributed by atoms with Crippen LogP contribution in [-0.2, 0) is 4.79 Å². The molecule has 1 aromatic carbocycles. The van der Waals surface area contributed by atoms with Crippen molar-refractivity contribution in [1.82, 2.24) is 30.0 Å². The number of carbonyl (C=O) groups excluding carboxylic acids is 1. The van der Waals surface area contributed by atoms with Crippen LogP contribution in [0.2, 0.25) is 5.02 Å². The minimum Gasteiger partial charge on any atom is -0.436 e. The second kappa shape index (κ2) is 8.32. The molecule has 168 valence electrons. The zero-order valence-corrected chi connectivity index (χ0v) is 19.0. The number of aromatic nitrogens is 5. The van der Waals surface area contributed by atoms with Crippen molar-refractivity contribution < 1.29 is 9.53 Å². The van der Waals surface area contributed by atoms with E-state index in [-0.39, 0.29) is 11.9 Å². The number of ether oxygens (including phenoxy) is 1. The van der Waals surface area contributed by atoms with Gasteiger partial charge in [-0.15, -0.1) is 0 Å². The number of nitrogens with one attached hydrogen (secondary N) is 1. The highest BCUT2D eigenvalue weighted by Crippen LogP contribution is 2.38. The molecule has 9 nitrogen and oxygen atoms in total. The number of anilines is 1. The molecule has 0 bridgehead atoms. The number of benzene rings is 1. The van der Waals surface area contributed by atoms with Gasteiger partial charge in [0.05, 0.1) is 17.1 Å². The Hall–Kier alpha value is -3.72. The van der Waals surface area contributed by atoms with E-state index in [2.05, 4.69) is 36.6 Å². The van der Waals surface area contributed by atoms with Crippen LogP contribution in [0.4, 0.5) is 5.82 Å². The second-order valence-corrected chi connectivity index (χ2v) is 8.39. The van der Waals surface area contributed by atoms with Crippen LogP contribution in [0.1, 0.15) is 12.5 Å². The van der Waals surface area contributed by atoms with E-state index < -0.39 is 0 Å². The van der Waals surface area contributed by atoms with Crippen LogP contribution in [0, 0.1) is 6.92 Å². The first-order chi connectivity index (χ1) is 16.0. The quantitative estimate of drug-likeness (QED) is 0.458. The van der Waals surface area contributed by atoms with Gasteiger partial charge in [0.15, 0.2) is 0 Å². The molecule has 3 aromatic heterocycles. The molecule has 0 spiro atoms. The topological polar surface area (TPSA) is 100 Å². The van der Waals surface area contributed by atoms with Crippen LogP contribution in [-0.4, -0.2) is 61.6 Å². The Labute approximate surface area is 195 Å². The molecule has 1 aliphatic heterocycles. The van der Waals surface area contributed by atoms with Crippen molar-refractivity contribution >= 4 is 45.1 Å². The number of fused-ring (bicyclic) bond motifs is 2. The van der Waals surface area contributed by atoms with E-state index in [1.54, 1.807) is 12.4 Å². The molecular formula is C23H22ClN7O2. The summed E-state index contributed by atoms with van der Waals surface area (Å²) in [7, 11) is 0. The fourth-order valence-electron chi connectivity index (χ4n) is 4.23. The molecule has 1 saturated heterocycles. The number of hydrogen-bond donors (Lipinski definition) is 1. The number of rotatable bonds is 4. The molecule has 0 aliphatic carbocycles. The lowest BCUT2D eigenvalue weighted by Crippen LogP contribution is -2.54. The number of pyridine rings is 1. The molecule has 33 heavy (non-hydrogen) atoms. The van der Waals surface area contributed by atoms with Gasteiger partial charge in [-0.25, -0.2) is 15.0 Å². The lowest BCUT2D eigenvalue weighted by Gasteiger charge is -2.40. The Morgan fingerprint density at radius 2 is 2.15 bits per heavy atom. The smallest absolute Gasteiger partial charge is 0.246 e. The normalized spacial score (nSPS) is 16.4. The molecule has 4 aromatic rings. The van der Waals surface area contributed by atoms with Gasteiger partial charge in [0.1, 0.15) is 23.4 Å². The van der Waals surface area contributed by atoms with E-state index in [0.29, 0.717) is 41.8 Å². The number of carbonyl (C=O) groups is 1. The fourth-order valence-corrected chi connectivity index (χ4v) is 4.43. The molecule has 0 radical (unpaired) electrons. The summed E-state index contributed by atoms with van der Waals surface area (Å²) in [6.07, 6.45) is 6.25. The molecule has 1 aliphatic rings. The van der Waals surface area contributed by atoms with E-state index in [9.17, 15) is 4.79 Å². The number of nitrogens with zero attached hydrogens (tertiary/aromatic N) is 6. The number of aromatic amines is 1. The van der Waals surface area contributed by atoms with Gasteiger partial charge >= 0.3 is 0 Å². The summed E-state index contributed by atoms with van der Waals surface area (Å²) < 4.78 is 6.27. The summed E-state index contributed by atoms with van der Waals surface area (Å²) in [6, 6.07) is 3.72. The van der Waals surface area contributed by atoms with Gasteiger partial charge in [-0.2, -0.15) is 5.10 Å². The molecule has 1 amide bonds. The predicted molar refractivity (Wildman–Crippen MR) is 127 cm³/mol. The molecule has 0 saturated carbocycles. The molecule has 1 fully saturated rings. The lowest BCUT2D eigenvalue weighted by atomic mass is 10.1. The Kier molecular flexibility index (Phi) is 5.33. The number of amides is 1. The van der Waals surface area contributed by atoms with Crippen LogP contribution < -0.4 is 9.64 Å². The summed E-state index contributed by atoms with van der Waals surface area (Å²) >= 11 is 6.40. The molecule has 1 N–H and O–H groups in total. The highest BCUT2D eigenvalue weighted by molar-refractivity contribution is 6.32. The molecule has 0 unspecified atom stereocenters. The Bertz CT molecular complexity index is 1390. The Morgan fingerprint density at radius 3 is 2.94 bits per heavy atom. The SMILES string of the molecule is C=CC(=O)N1CCN(c2ncnc3c(Oc4c(C)c(Cl)cc5[nH]ncc45)nccc23)C[C@@H]1C. The second-order valence-electron chi connectivity index (χ2n) is 7.99. The fraction of sp³-hybridized carbons (Fsp3) is 0.261. The van der Waals surface area contributed by atoms with E-state index in [0.717, 1.165) is 27.7 Å².